The zero-order valence-electron chi connectivity index (χ0n) is 15.4. The first-order chi connectivity index (χ1) is 13.0. The summed E-state index contributed by atoms with van der Waals surface area (Å²) in [5.74, 6) is 0.952. The van der Waals surface area contributed by atoms with Gasteiger partial charge in [-0.3, -0.25) is 9.78 Å². The quantitative estimate of drug-likeness (QED) is 0.566. The van der Waals surface area contributed by atoms with Gasteiger partial charge in [0.2, 0.25) is 5.91 Å². The van der Waals surface area contributed by atoms with Crippen LogP contribution in [0.2, 0.25) is 0 Å². The lowest BCUT2D eigenvalue weighted by molar-refractivity contribution is -0.113. The fourth-order valence-corrected chi connectivity index (χ4v) is 3.95. The third-order valence-corrected chi connectivity index (χ3v) is 5.78. The molecule has 2 aromatic heterocycles. The average molecular weight is 446 g/mol. The van der Waals surface area contributed by atoms with Gasteiger partial charge in [0.25, 0.3) is 0 Å². The molecule has 0 aliphatic rings. The van der Waals surface area contributed by atoms with E-state index in [0.717, 1.165) is 38.8 Å². The molecular formula is C19H20BrN5OS. The average Bonchev–Trinajstić information content (AvgIpc) is 3.08. The van der Waals surface area contributed by atoms with Crippen molar-refractivity contribution in [3.05, 3.63) is 52.3 Å². The van der Waals surface area contributed by atoms with Gasteiger partial charge in [0.05, 0.1) is 11.4 Å². The summed E-state index contributed by atoms with van der Waals surface area (Å²) >= 11 is 4.88. The van der Waals surface area contributed by atoms with Crippen LogP contribution >= 0.6 is 27.7 Å². The highest BCUT2D eigenvalue weighted by atomic mass is 79.9. The smallest absolute Gasteiger partial charge is 0.234 e. The van der Waals surface area contributed by atoms with Crippen molar-refractivity contribution in [2.24, 2.45) is 0 Å². The third kappa shape index (κ3) is 4.56. The largest absolute Gasteiger partial charge is 0.324 e. The number of nitrogens with one attached hydrogen (secondary N) is 1. The molecule has 6 nitrogen and oxygen atoms in total. The minimum absolute atomic E-state index is 0.0833. The van der Waals surface area contributed by atoms with Crippen LogP contribution in [0.5, 0.6) is 0 Å². The Hall–Kier alpha value is -2.19. The second-order valence-electron chi connectivity index (χ2n) is 6.04. The van der Waals surface area contributed by atoms with Crippen LogP contribution in [0.1, 0.15) is 18.1 Å². The van der Waals surface area contributed by atoms with E-state index >= 15 is 0 Å². The lowest BCUT2D eigenvalue weighted by Gasteiger charge is -2.11. The molecule has 0 bridgehead atoms. The van der Waals surface area contributed by atoms with Gasteiger partial charge in [-0.1, -0.05) is 11.8 Å². The fraction of sp³-hybridized carbons (Fsp3) is 0.263. The molecule has 140 valence electrons. The summed E-state index contributed by atoms with van der Waals surface area (Å²) in [5, 5.41) is 12.2. The minimum atomic E-state index is -0.0833. The standard InChI is InChI=1S/C19H20BrN5OS/c1-4-25-18(14-5-7-21-8-6-14)23-24-19(25)27-11-17(26)22-16-10-13(3)12(2)9-15(16)20/h5-10H,4,11H2,1-3H3,(H,22,26). The van der Waals surface area contributed by atoms with Gasteiger partial charge >= 0.3 is 0 Å². The van der Waals surface area contributed by atoms with E-state index in [1.165, 1.54) is 17.3 Å². The number of aryl methyl sites for hydroxylation is 2. The number of nitrogens with zero attached hydrogens (tertiary/aromatic N) is 4. The molecule has 0 saturated carbocycles. The van der Waals surface area contributed by atoms with E-state index in [9.17, 15) is 4.79 Å². The number of carbonyl (C=O) groups excluding carboxylic acids is 1. The zero-order valence-corrected chi connectivity index (χ0v) is 17.8. The Kier molecular flexibility index (Phi) is 6.28. The van der Waals surface area contributed by atoms with Crippen LogP contribution < -0.4 is 5.32 Å². The molecular weight excluding hydrogens is 426 g/mol. The van der Waals surface area contributed by atoms with Gasteiger partial charge in [0.1, 0.15) is 0 Å². The highest BCUT2D eigenvalue weighted by molar-refractivity contribution is 9.10. The van der Waals surface area contributed by atoms with Crippen LogP contribution in [0.25, 0.3) is 11.4 Å². The van der Waals surface area contributed by atoms with Gasteiger partial charge in [-0.05, 0) is 72.1 Å². The maximum Gasteiger partial charge on any atom is 0.234 e. The maximum atomic E-state index is 12.4. The molecule has 1 N–H and O–H groups in total. The summed E-state index contributed by atoms with van der Waals surface area (Å²) in [6.07, 6.45) is 3.46. The van der Waals surface area contributed by atoms with E-state index in [1.807, 2.05) is 49.6 Å². The van der Waals surface area contributed by atoms with E-state index in [-0.39, 0.29) is 11.7 Å². The van der Waals surface area contributed by atoms with E-state index in [2.05, 4.69) is 36.4 Å². The van der Waals surface area contributed by atoms with Gasteiger partial charge in [0, 0.05) is 29.0 Å². The van der Waals surface area contributed by atoms with Crippen LogP contribution in [0.4, 0.5) is 5.69 Å². The molecule has 0 saturated heterocycles. The Morgan fingerprint density at radius 1 is 1.19 bits per heavy atom. The summed E-state index contributed by atoms with van der Waals surface area (Å²) in [5.41, 5.74) is 4.04. The number of benzene rings is 1. The van der Waals surface area contributed by atoms with E-state index in [4.69, 9.17) is 0 Å². The Morgan fingerprint density at radius 3 is 2.59 bits per heavy atom. The number of anilines is 1. The topological polar surface area (TPSA) is 72.7 Å². The molecule has 0 fully saturated rings. The number of rotatable bonds is 6. The normalized spacial score (nSPS) is 10.8. The predicted octanol–water partition coefficient (Wildman–Crippen LogP) is 4.47. The first-order valence-electron chi connectivity index (χ1n) is 8.52. The third-order valence-electron chi connectivity index (χ3n) is 4.16. The van der Waals surface area contributed by atoms with Crippen LogP contribution in [0.15, 0.2) is 46.3 Å². The molecule has 0 aliphatic carbocycles. The number of hydrogen-bond donors (Lipinski definition) is 1. The van der Waals surface area contributed by atoms with E-state index < -0.39 is 0 Å². The lowest BCUT2D eigenvalue weighted by atomic mass is 10.1. The Labute approximate surface area is 170 Å². The van der Waals surface area contributed by atoms with Crippen molar-refractivity contribution in [1.82, 2.24) is 19.7 Å². The van der Waals surface area contributed by atoms with Crippen molar-refractivity contribution in [1.29, 1.82) is 0 Å². The van der Waals surface area contributed by atoms with Crippen molar-refractivity contribution in [3.63, 3.8) is 0 Å². The first kappa shape index (κ1) is 19.6. The van der Waals surface area contributed by atoms with Gasteiger partial charge in [0.15, 0.2) is 11.0 Å². The number of thioether (sulfide) groups is 1. The van der Waals surface area contributed by atoms with Crippen LogP contribution in [-0.2, 0) is 11.3 Å². The number of pyridine rings is 1. The van der Waals surface area contributed by atoms with Gasteiger partial charge in [-0.15, -0.1) is 10.2 Å². The monoisotopic (exact) mass is 445 g/mol. The second-order valence-corrected chi connectivity index (χ2v) is 7.84. The molecule has 2 heterocycles. The van der Waals surface area contributed by atoms with Crippen molar-refractivity contribution >= 4 is 39.3 Å². The molecule has 0 atom stereocenters. The van der Waals surface area contributed by atoms with E-state index in [0.29, 0.717) is 0 Å². The maximum absolute atomic E-state index is 12.4. The molecule has 1 aromatic carbocycles. The lowest BCUT2D eigenvalue weighted by Crippen LogP contribution is -2.15. The van der Waals surface area contributed by atoms with Crippen molar-refractivity contribution in [3.8, 4) is 11.4 Å². The summed E-state index contributed by atoms with van der Waals surface area (Å²) in [7, 11) is 0. The summed E-state index contributed by atoms with van der Waals surface area (Å²) < 4.78 is 2.87. The number of halogens is 1. The highest BCUT2D eigenvalue weighted by Gasteiger charge is 2.15. The molecule has 3 aromatic rings. The Bertz CT molecular complexity index is 958. The molecule has 27 heavy (non-hydrogen) atoms. The summed E-state index contributed by atoms with van der Waals surface area (Å²) in [4.78, 5) is 16.4. The summed E-state index contributed by atoms with van der Waals surface area (Å²) in [6.45, 7) is 6.82. The van der Waals surface area contributed by atoms with Gasteiger partial charge in [-0.2, -0.15) is 0 Å². The van der Waals surface area contributed by atoms with Crippen molar-refractivity contribution in [2.45, 2.75) is 32.5 Å². The zero-order chi connectivity index (χ0) is 19.4. The Balaban J connectivity index is 1.69. The number of carbonyl (C=O) groups is 1. The number of hydrogen-bond acceptors (Lipinski definition) is 5. The fourth-order valence-electron chi connectivity index (χ4n) is 2.59. The highest BCUT2D eigenvalue weighted by Crippen LogP contribution is 2.27. The molecule has 0 unspecified atom stereocenters. The van der Waals surface area contributed by atoms with Crippen molar-refractivity contribution in [2.75, 3.05) is 11.1 Å². The van der Waals surface area contributed by atoms with Gasteiger partial charge < -0.3 is 9.88 Å². The van der Waals surface area contributed by atoms with Crippen LogP contribution in [0.3, 0.4) is 0 Å². The molecule has 1 amide bonds. The van der Waals surface area contributed by atoms with Crippen LogP contribution in [0, 0.1) is 13.8 Å². The number of amides is 1. The Morgan fingerprint density at radius 2 is 1.89 bits per heavy atom. The molecule has 3 rings (SSSR count). The molecule has 0 spiro atoms. The van der Waals surface area contributed by atoms with Gasteiger partial charge in [-0.25, -0.2) is 0 Å². The van der Waals surface area contributed by atoms with Crippen LogP contribution in [-0.4, -0.2) is 31.4 Å². The number of aromatic nitrogens is 4. The molecule has 8 heteroatoms. The van der Waals surface area contributed by atoms with Crippen molar-refractivity contribution < 1.29 is 4.79 Å². The predicted molar refractivity (Wildman–Crippen MR) is 112 cm³/mol. The summed E-state index contributed by atoms with van der Waals surface area (Å²) in [6, 6.07) is 7.77. The molecule has 0 aliphatic heterocycles. The first-order valence-corrected chi connectivity index (χ1v) is 10.3. The molecule has 0 radical (unpaired) electrons. The SMILES string of the molecule is CCn1c(SCC(=O)Nc2cc(C)c(C)cc2Br)nnc1-c1ccncc1. The minimum Gasteiger partial charge on any atom is -0.324 e. The van der Waals surface area contributed by atoms with E-state index in [1.54, 1.807) is 12.4 Å². The second kappa shape index (κ2) is 8.67.